The molecule has 1 aromatic rings. The number of nitrogens with one attached hydrogen (secondary N) is 2. The zero-order chi connectivity index (χ0) is 13.1. The molecule has 1 aliphatic rings. The third kappa shape index (κ3) is 2.88. The first-order valence-electron chi connectivity index (χ1n) is 6.26. The van der Waals surface area contributed by atoms with Crippen LogP contribution < -0.4 is 10.6 Å². The Morgan fingerprint density at radius 1 is 1.22 bits per heavy atom. The van der Waals surface area contributed by atoms with Crippen LogP contribution in [-0.2, 0) is 9.59 Å². The fourth-order valence-electron chi connectivity index (χ4n) is 2.00. The number of hydrogen-bond acceptors (Lipinski definition) is 3. The molecular weight excluding hydrogens is 228 g/mol. The maximum atomic E-state index is 11.6. The normalized spacial score (nSPS) is 19.8. The summed E-state index contributed by atoms with van der Waals surface area (Å²) in [5, 5.41) is 5.49. The molecule has 1 saturated heterocycles. The van der Waals surface area contributed by atoms with Crippen LogP contribution in [0.3, 0.4) is 0 Å². The summed E-state index contributed by atoms with van der Waals surface area (Å²) in [5.41, 5.74) is 2.18. The Hall–Kier alpha value is -1.84. The highest BCUT2D eigenvalue weighted by molar-refractivity contribution is 6.01. The molecule has 2 amide bonds. The number of rotatable bonds is 3. The average molecular weight is 246 g/mol. The largest absolute Gasteiger partial charge is 0.374 e. The molecule has 2 N–H and O–H groups in total. The quantitative estimate of drug-likeness (QED) is 0.802. The zero-order valence-corrected chi connectivity index (χ0v) is 10.7. The van der Waals surface area contributed by atoms with Crippen LogP contribution in [0.1, 0.15) is 38.2 Å². The number of carbonyl (C=O) groups excluding carboxylic acids is 2. The fraction of sp³-hybridized carbons (Fsp3) is 0.429. The van der Waals surface area contributed by atoms with E-state index in [1.165, 1.54) is 5.56 Å². The van der Waals surface area contributed by atoms with E-state index in [4.69, 9.17) is 0 Å². The van der Waals surface area contributed by atoms with Crippen LogP contribution in [0, 0.1) is 0 Å². The molecule has 0 aromatic heterocycles. The van der Waals surface area contributed by atoms with Crippen molar-refractivity contribution in [3.05, 3.63) is 29.8 Å². The minimum absolute atomic E-state index is 0.187. The molecule has 0 bridgehead atoms. The summed E-state index contributed by atoms with van der Waals surface area (Å²) in [5.74, 6) is 0.0713. The number of benzene rings is 1. The van der Waals surface area contributed by atoms with E-state index in [0.717, 1.165) is 5.69 Å². The Morgan fingerprint density at radius 3 is 2.44 bits per heavy atom. The lowest BCUT2D eigenvalue weighted by Gasteiger charge is -2.23. The number of amides is 2. The van der Waals surface area contributed by atoms with Gasteiger partial charge in [0.2, 0.25) is 11.8 Å². The van der Waals surface area contributed by atoms with Crippen molar-refractivity contribution in [3.63, 3.8) is 0 Å². The number of carbonyl (C=O) groups is 2. The maximum Gasteiger partial charge on any atom is 0.249 e. The predicted molar refractivity (Wildman–Crippen MR) is 70.3 cm³/mol. The van der Waals surface area contributed by atoms with Crippen LogP contribution in [-0.4, -0.2) is 17.9 Å². The van der Waals surface area contributed by atoms with E-state index in [2.05, 4.69) is 36.6 Å². The van der Waals surface area contributed by atoms with Gasteiger partial charge in [-0.25, -0.2) is 0 Å². The van der Waals surface area contributed by atoms with Gasteiger partial charge in [-0.3, -0.25) is 14.9 Å². The predicted octanol–water partition coefficient (Wildman–Crippen LogP) is 2.03. The Kier molecular flexibility index (Phi) is 3.65. The molecule has 0 unspecified atom stereocenters. The summed E-state index contributed by atoms with van der Waals surface area (Å²) in [4.78, 5) is 22.6. The average Bonchev–Trinajstić information content (AvgIpc) is 2.33. The summed E-state index contributed by atoms with van der Waals surface area (Å²) in [7, 11) is 0. The standard InChI is InChI=1S/C14H18N2O2/c1-9(2)10-3-5-11(6-4-10)15-12-7-8-13(17)16-14(12)18/h3-6,9,12,15H,7-8H2,1-2H3,(H,16,17,18)/t12-/m0/s1. The Morgan fingerprint density at radius 2 is 1.89 bits per heavy atom. The van der Waals surface area contributed by atoms with Gasteiger partial charge in [-0.05, 0) is 30.0 Å². The number of hydrogen-bond donors (Lipinski definition) is 2. The van der Waals surface area contributed by atoms with E-state index in [1.807, 2.05) is 12.1 Å². The van der Waals surface area contributed by atoms with Gasteiger partial charge in [-0.2, -0.15) is 0 Å². The van der Waals surface area contributed by atoms with Crippen molar-refractivity contribution in [2.24, 2.45) is 0 Å². The van der Waals surface area contributed by atoms with Gasteiger partial charge in [0.1, 0.15) is 6.04 Å². The zero-order valence-electron chi connectivity index (χ0n) is 10.7. The Bertz CT molecular complexity index is 451. The van der Waals surface area contributed by atoms with Crippen LogP contribution in [0.15, 0.2) is 24.3 Å². The Labute approximate surface area is 107 Å². The van der Waals surface area contributed by atoms with Crippen LogP contribution in [0.25, 0.3) is 0 Å². The molecule has 4 heteroatoms. The smallest absolute Gasteiger partial charge is 0.249 e. The van der Waals surface area contributed by atoms with E-state index >= 15 is 0 Å². The molecule has 0 aliphatic carbocycles. The van der Waals surface area contributed by atoms with Gasteiger partial charge in [-0.15, -0.1) is 0 Å². The summed E-state index contributed by atoms with van der Waals surface area (Å²) in [6, 6.07) is 7.74. The molecular formula is C14H18N2O2. The highest BCUT2D eigenvalue weighted by Crippen LogP contribution is 2.19. The van der Waals surface area contributed by atoms with Crippen molar-refractivity contribution in [1.82, 2.24) is 5.32 Å². The molecule has 18 heavy (non-hydrogen) atoms. The van der Waals surface area contributed by atoms with Gasteiger partial charge in [0.25, 0.3) is 0 Å². The van der Waals surface area contributed by atoms with Crippen LogP contribution in [0.2, 0.25) is 0 Å². The lowest BCUT2D eigenvalue weighted by Crippen LogP contribution is -2.47. The van der Waals surface area contributed by atoms with E-state index in [9.17, 15) is 9.59 Å². The lowest BCUT2D eigenvalue weighted by atomic mass is 10.0. The molecule has 1 aliphatic heterocycles. The van der Waals surface area contributed by atoms with E-state index in [0.29, 0.717) is 18.8 Å². The molecule has 4 nitrogen and oxygen atoms in total. The molecule has 1 fully saturated rings. The van der Waals surface area contributed by atoms with Gasteiger partial charge in [0.05, 0.1) is 0 Å². The van der Waals surface area contributed by atoms with Gasteiger partial charge in [0, 0.05) is 12.1 Å². The molecule has 0 radical (unpaired) electrons. The molecule has 0 spiro atoms. The fourth-order valence-corrected chi connectivity index (χ4v) is 2.00. The highest BCUT2D eigenvalue weighted by Gasteiger charge is 2.26. The Balaban J connectivity index is 2.01. The second-order valence-corrected chi connectivity index (χ2v) is 4.92. The second-order valence-electron chi connectivity index (χ2n) is 4.92. The van der Waals surface area contributed by atoms with Gasteiger partial charge in [-0.1, -0.05) is 26.0 Å². The van der Waals surface area contributed by atoms with Gasteiger partial charge < -0.3 is 5.32 Å². The summed E-state index contributed by atoms with van der Waals surface area (Å²) < 4.78 is 0. The summed E-state index contributed by atoms with van der Waals surface area (Å²) in [6.07, 6.45) is 0.948. The number of imide groups is 1. The van der Waals surface area contributed by atoms with Crippen LogP contribution >= 0.6 is 0 Å². The highest BCUT2D eigenvalue weighted by atomic mass is 16.2. The summed E-state index contributed by atoms with van der Waals surface area (Å²) in [6.45, 7) is 4.28. The topological polar surface area (TPSA) is 58.2 Å². The monoisotopic (exact) mass is 246 g/mol. The van der Waals surface area contributed by atoms with Crippen molar-refractivity contribution in [3.8, 4) is 0 Å². The van der Waals surface area contributed by atoms with E-state index in [-0.39, 0.29) is 17.9 Å². The van der Waals surface area contributed by atoms with Crippen molar-refractivity contribution >= 4 is 17.5 Å². The molecule has 1 heterocycles. The van der Waals surface area contributed by atoms with Crippen molar-refractivity contribution < 1.29 is 9.59 Å². The van der Waals surface area contributed by atoms with Crippen LogP contribution in [0.5, 0.6) is 0 Å². The first kappa shape index (κ1) is 12.6. The first-order valence-corrected chi connectivity index (χ1v) is 6.26. The van der Waals surface area contributed by atoms with Crippen molar-refractivity contribution in [2.75, 3.05) is 5.32 Å². The number of anilines is 1. The molecule has 96 valence electrons. The second kappa shape index (κ2) is 5.21. The van der Waals surface area contributed by atoms with Gasteiger partial charge >= 0.3 is 0 Å². The van der Waals surface area contributed by atoms with Crippen LogP contribution in [0.4, 0.5) is 5.69 Å². The molecule has 1 aromatic carbocycles. The minimum Gasteiger partial charge on any atom is -0.374 e. The molecule has 1 atom stereocenters. The third-order valence-corrected chi connectivity index (χ3v) is 3.16. The van der Waals surface area contributed by atoms with Gasteiger partial charge in [0.15, 0.2) is 0 Å². The third-order valence-electron chi connectivity index (χ3n) is 3.16. The maximum absolute atomic E-state index is 11.6. The molecule has 0 saturated carbocycles. The van der Waals surface area contributed by atoms with E-state index in [1.54, 1.807) is 0 Å². The SMILES string of the molecule is CC(C)c1ccc(N[C@H]2CCC(=O)NC2=O)cc1. The van der Waals surface area contributed by atoms with Crippen molar-refractivity contribution in [1.29, 1.82) is 0 Å². The van der Waals surface area contributed by atoms with Crippen molar-refractivity contribution in [2.45, 2.75) is 38.6 Å². The lowest BCUT2D eigenvalue weighted by molar-refractivity contribution is -0.133. The minimum atomic E-state index is -0.312. The summed E-state index contributed by atoms with van der Waals surface area (Å²) >= 11 is 0. The molecule has 2 rings (SSSR count). The first-order chi connectivity index (χ1) is 8.56. The number of piperidine rings is 1. The van der Waals surface area contributed by atoms with E-state index < -0.39 is 0 Å².